The number of benzene rings is 2. The first-order valence-corrected chi connectivity index (χ1v) is 7.74. The number of phenols is 2. The van der Waals surface area contributed by atoms with E-state index in [1.807, 2.05) is 0 Å². The van der Waals surface area contributed by atoms with Crippen molar-refractivity contribution >= 4 is 11.6 Å². The fourth-order valence-corrected chi connectivity index (χ4v) is 2.76. The highest BCUT2D eigenvalue weighted by Crippen LogP contribution is 2.26. The topological polar surface area (TPSA) is 95.9 Å². The lowest BCUT2D eigenvalue weighted by Gasteiger charge is -2.20. The number of rotatable bonds is 5. The summed E-state index contributed by atoms with van der Waals surface area (Å²) >= 11 is 0. The van der Waals surface area contributed by atoms with Gasteiger partial charge in [-0.15, -0.1) is 0 Å². The third-order valence-corrected chi connectivity index (χ3v) is 4.04. The highest BCUT2D eigenvalue weighted by atomic mass is 16.5. The van der Waals surface area contributed by atoms with E-state index in [0.717, 1.165) is 5.56 Å². The molecule has 3 N–H and O–H groups in total. The monoisotopic (exact) mass is 339 g/mol. The van der Waals surface area contributed by atoms with Crippen LogP contribution in [0, 0.1) is 0 Å². The molecule has 1 aliphatic carbocycles. The summed E-state index contributed by atoms with van der Waals surface area (Å²) in [4.78, 5) is 25.1. The molecule has 0 saturated heterocycles. The molecule has 0 atom stereocenters. The molecular weight excluding hydrogens is 322 g/mol. The molecule has 0 saturated carbocycles. The van der Waals surface area contributed by atoms with Crippen LogP contribution in [0.2, 0.25) is 0 Å². The molecule has 6 heteroatoms. The van der Waals surface area contributed by atoms with Crippen molar-refractivity contribution in [1.82, 2.24) is 5.32 Å². The first kappa shape index (κ1) is 16.6. The van der Waals surface area contributed by atoms with Crippen LogP contribution in [0.3, 0.4) is 0 Å². The van der Waals surface area contributed by atoms with Crippen LogP contribution < -0.4 is 5.32 Å². The van der Waals surface area contributed by atoms with Crippen molar-refractivity contribution in [2.24, 2.45) is 0 Å². The van der Waals surface area contributed by atoms with Gasteiger partial charge in [-0.25, -0.2) is 0 Å². The van der Waals surface area contributed by atoms with Gasteiger partial charge in [0.25, 0.3) is 0 Å². The van der Waals surface area contributed by atoms with Crippen LogP contribution in [0.5, 0.6) is 11.5 Å². The van der Waals surface area contributed by atoms with Gasteiger partial charge in [-0.1, -0.05) is 30.3 Å². The second-order valence-electron chi connectivity index (χ2n) is 5.61. The van der Waals surface area contributed by atoms with E-state index >= 15 is 0 Å². The number of allylic oxidation sites excluding steroid dienone is 2. The van der Waals surface area contributed by atoms with Crippen molar-refractivity contribution in [3.8, 4) is 11.5 Å². The van der Waals surface area contributed by atoms with Gasteiger partial charge < -0.3 is 20.3 Å². The molecule has 0 spiro atoms. The van der Waals surface area contributed by atoms with Crippen LogP contribution in [-0.4, -0.2) is 35.4 Å². The molecular formula is C19H17NO5. The number of nitrogens with one attached hydrogen (secondary N) is 1. The lowest BCUT2D eigenvalue weighted by molar-refractivity contribution is 0.0899. The van der Waals surface area contributed by atoms with E-state index < -0.39 is 0 Å². The summed E-state index contributed by atoms with van der Waals surface area (Å²) in [6, 6.07) is 11.1. The largest absolute Gasteiger partial charge is 0.504 e. The number of hydrogen-bond donors (Lipinski definition) is 3. The maximum absolute atomic E-state index is 12.6. The normalized spacial score (nSPS) is 13.6. The maximum Gasteiger partial charge on any atom is 0.230 e. The van der Waals surface area contributed by atoms with E-state index in [1.165, 1.54) is 19.2 Å². The number of carbonyl (C=O) groups is 2. The molecule has 128 valence electrons. The Kier molecular flexibility index (Phi) is 4.43. The van der Waals surface area contributed by atoms with E-state index in [9.17, 15) is 19.8 Å². The Bertz CT molecular complexity index is 885. The third kappa shape index (κ3) is 3.06. The zero-order chi connectivity index (χ0) is 18.0. The zero-order valence-electron chi connectivity index (χ0n) is 13.6. The van der Waals surface area contributed by atoms with Gasteiger partial charge >= 0.3 is 0 Å². The van der Waals surface area contributed by atoms with Gasteiger partial charge in [0, 0.05) is 17.7 Å². The Hall–Kier alpha value is -3.28. The molecule has 0 radical (unpaired) electrons. The number of aromatic hydroxyl groups is 2. The van der Waals surface area contributed by atoms with Crippen molar-refractivity contribution in [1.29, 1.82) is 0 Å². The van der Waals surface area contributed by atoms with E-state index in [0.29, 0.717) is 24.1 Å². The van der Waals surface area contributed by atoms with Crippen molar-refractivity contribution in [2.75, 3.05) is 13.7 Å². The molecule has 0 amide bonds. The highest BCUT2D eigenvalue weighted by molar-refractivity contribution is 6.25. The minimum atomic E-state index is -0.331. The highest BCUT2D eigenvalue weighted by Gasteiger charge is 2.32. The third-order valence-electron chi connectivity index (χ3n) is 4.04. The summed E-state index contributed by atoms with van der Waals surface area (Å²) in [7, 11) is 1.36. The minimum absolute atomic E-state index is 0.00254. The second-order valence-corrected chi connectivity index (χ2v) is 5.61. The van der Waals surface area contributed by atoms with E-state index in [2.05, 4.69) is 5.32 Å². The Morgan fingerprint density at radius 1 is 0.960 bits per heavy atom. The van der Waals surface area contributed by atoms with Gasteiger partial charge in [0.1, 0.15) is 5.70 Å². The summed E-state index contributed by atoms with van der Waals surface area (Å²) in [6.07, 6.45) is 0.484. The Morgan fingerprint density at radius 3 is 2.28 bits per heavy atom. The van der Waals surface area contributed by atoms with E-state index in [1.54, 1.807) is 30.3 Å². The average molecular weight is 339 g/mol. The molecule has 0 bridgehead atoms. The van der Waals surface area contributed by atoms with Crippen molar-refractivity contribution in [3.63, 3.8) is 0 Å². The summed E-state index contributed by atoms with van der Waals surface area (Å²) in [5, 5.41) is 21.8. The minimum Gasteiger partial charge on any atom is -0.504 e. The fourth-order valence-electron chi connectivity index (χ4n) is 2.76. The molecule has 0 aliphatic heterocycles. The van der Waals surface area contributed by atoms with Gasteiger partial charge in [0.15, 0.2) is 17.3 Å². The van der Waals surface area contributed by atoms with Crippen molar-refractivity contribution < 1.29 is 24.5 Å². The molecule has 25 heavy (non-hydrogen) atoms. The van der Waals surface area contributed by atoms with Crippen LogP contribution in [0.4, 0.5) is 0 Å². The first-order valence-electron chi connectivity index (χ1n) is 7.74. The predicted molar refractivity (Wildman–Crippen MR) is 90.6 cm³/mol. The molecule has 0 heterocycles. The quantitative estimate of drug-likeness (QED) is 0.723. The SMILES string of the molecule is COC1=C(NCCc2ccc(O)c(O)c2)C(=O)c2ccccc2C1=O. The average Bonchev–Trinajstić information content (AvgIpc) is 2.62. The molecule has 6 nitrogen and oxygen atoms in total. The molecule has 1 aliphatic rings. The summed E-state index contributed by atoms with van der Waals surface area (Å²) in [6.45, 7) is 0.355. The number of ether oxygens (including phenoxy) is 1. The molecule has 0 fully saturated rings. The van der Waals surface area contributed by atoms with Crippen molar-refractivity contribution in [2.45, 2.75) is 6.42 Å². The van der Waals surface area contributed by atoms with Crippen molar-refractivity contribution in [3.05, 3.63) is 70.6 Å². The molecule has 2 aromatic carbocycles. The van der Waals surface area contributed by atoms with E-state index in [4.69, 9.17) is 4.74 Å². The van der Waals surface area contributed by atoms with Gasteiger partial charge in [-0.2, -0.15) is 0 Å². The standard InChI is InChI=1S/C19H17NO5/c1-25-19-16(17(23)12-4-2-3-5-13(12)18(19)24)20-9-8-11-6-7-14(21)15(22)10-11/h2-7,10,20-22H,8-9H2,1H3. The number of Topliss-reactive ketones (excluding diaryl/α,β-unsaturated/α-hetero) is 2. The molecule has 3 rings (SSSR count). The van der Waals surface area contributed by atoms with Crippen LogP contribution in [0.15, 0.2) is 53.9 Å². The lowest BCUT2D eigenvalue weighted by atomic mass is 9.91. The van der Waals surface area contributed by atoms with Crippen LogP contribution in [-0.2, 0) is 11.2 Å². The van der Waals surface area contributed by atoms with Crippen LogP contribution in [0.1, 0.15) is 26.3 Å². The summed E-state index contributed by atoms with van der Waals surface area (Å²) in [5.74, 6) is -1.02. The van der Waals surface area contributed by atoms with Crippen LogP contribution >= 0.6 is 0 Å². The number of carbonyl (C=O) groups excluding carboxylic acids is 2. The van der Waals surface area contributed by atoms with Crippen LogP contribution in [0.25, 0.3) is 0 Å². The number of phenolic OH excluding ortho intramolecular Hbond substituents is 2. The number of hydrogen-bond acceptors (Lipinski definition) is 6. The fraction of sp³-hybridized carbons (Fsp3) is 0.158. The predicted octanol–water partition coefficient (Wildman–Crippen LogP) is 2.17. The zero-order valence-corrected chi connectivity index (χ0v) is 13.6. The Labute approximate surface area is 144 Å². The van der Waals surface area contributed by atoms with Gasteiger partial charge in [-0.05, 0) is 24.1 Å². The number of fused-ring (bicyclic) bond motifs is 1. The summed E-state index contributed by atoms with van der Waals surface area (Å²) < 4.78 is 5.15. The smallest absolute Gasteiger partial charge is 0.230 e. The molecule has 2 aromatic rings. The number of ketones is 2. The molecule has 0 aromatic heterocycles. The first-order chi connectivity index (χ1) is 12.0. The van der Waals surface area contributed by atoms with Gasteiger partial charge in [-0.3, -0.25) is 9.59 Å². The Balaban J connectivity index is 1.79. The second kappa shape index (κ2) is 6.68. The van der Waals surface area contributed by atoms with E-state index in [-0.39, 0.29) is 34.5 Å². The molecule has 0 unspecified atom stereocenters. The van der Waals surface area contributed by atoms with Gasteiger partial charge in [0.05, 0.1) is 7.11 Å². The maximum atomic E-state index is 12.6. The Morgan fingerprint density at radius 2 is 1.64 bits per heavy atom. The lowest BCUT2D eigenvalue weighted by Crippen LogP contribution is -2.32. The van der Waals surface area contributed by atoms with Gasteiger partial charge in [0.2, 0.25) is 11.6 Å². The summed E-state index contributed by atoms with van der Waals surface area (Å²) in [5.41, 5.74) is 1.59. The number of methoxy groups -OCH3 is 1.